The van der Waals surface area contributed by atoms with Gasteiger partial charge in [-0.15, -0.1) is 0 Å². The Bertz CT molecular complexity index is 613. The molecule has 0 spiro atoms. The van der Waals surface area contributed by atoms with Crippen molar-refractivity contribution >= 4 is 15.9 Å². The van der Waals surface area contributed by atoms with Crippen LogP contribution >= 0.6 is 15.9 Å². The van der Waals surface area contributed by atoms with Gasteiger partial charge >= 0.3 is 0 Å². The third kappa shape index (κ3) is 2.40. The molecule has 0 saturated carbocycles. The third-order valence-corrected chi connectivity index (χ3v) is 3.85. The van der Waals surface area contributed by atoms with E-state index in [4.69, 9.17) is 4.52 Å². The largest absolute Gasteiger partial charge is 0.339 e. The number of nitrogens with one attached hydrogen (secondary N) is 1. The highest BCUT2D eigenvalue weighted by molar-refractivity contribution is 9.10. The Hall–Kier alpha value is -1.34. The second-order valence-corrected chi connectivity index (χ2v) is 5.26. The van der Waals surface area contributed by atoms with E-state index < -0.39 is 11.6 Å². The van der Waals surface area contributed by atoms with Crippen LogP contribution in [0.25, 0.3) is 11.4 Å². The average Bonchev–Trinajstić information content (AvgIpc) is 2.80. The first kappa shape index (κ1) is 12.7. The van der Waals surface area contributed by atoms with Crippen molar-refractivity contribution in [1.29, 1.82) is 0 Å². The van der Waals surface area contributed by atoms with E-state index >= 15 is 0 Å². The average molecular weight is 330 g/mol. The van der Waals surface area contributed by atoms with Crippen LogP contribution in [0.2, 0.25) is 0 Å². The molecule has 1 aliphatic heterocycles. The second kappa shape index (κ2) is 4.97. The summed E-state index contributed by atoms with van der Waals surface area (Å²) in [7, 11) is 0. The maximum Gasteiger partial charge on any atom is 0.227 e. The summed E-state index contributed by atoms with van der Waals surface area (Å²) in [4.78, 5) is 4.21. The van der Waals surface area contributed by atoms with E-state index in [9.17, 15) is 8.78 Å². The molecule has 4 nitrogen and oxygen atoms in total. The molecule has 19 heavy (non-hydrogen) atoms. The molecule has 0 bridgehead atoms. The van der Waals surface area contributed by atoms with Gasteiger partial charge in [-0.2, -0.15) is 4.98 Å². The summed E-state index contributed by atoms with van der Waals surface area (Å²) in [5.74, 6) is -0.597. The molecule has 2 heterocycles. The molecular formula is C12H10BrF2N3O. The SMILES string of the molecule is Fc1ccc(-c2noc(CC3CNC3)n2)c(Br)c1F. The van der Waals surface area contributed by atoms with Crippen molar-refractivity contribution in [2.75, 3.05) is 13.1 Å². The zero-order valence-corrected chi connectivity index (χ0v) is 11.4. The van der Waals surface area contributed by atoms with Crippen molar-refractivity contribution < 1.29 is 13.3 Å². The number of rotatable bonds is 3. The van der Waals surface area contributed by atoms with Gasteiger partial charge in [-0.3, -0.25) is 0 Å². The van der Waals surface area contributed by atoms with E-state index in [1.165, 1.54) is 6.07 Å². The number of hydrogen-bond acceptors (Lipinski definition) is 4. The fraction of sp³-hybridized carbons (Fsp3) is 0.333. The minimum atomic E-state index is -0.952. The minimum absolute atomic E-state index is 0.00478. The molecule has 0 atom stereocenters. The molecule has 2 aromatic rings. The van der Waals surface area contributed by atoms with Crippen molar-refractivity contribution in [3.05, 3.63) is 34.1 Å². The lowest BCUT2D eigenvalue weighted by atomic mass is 10.00. The first-order chi connectivity index (χ1) is 9.15. The molecule has 0 amide bonds. The van der Waals surface area contributed by atoms with Crippen LogP contribution in [0.3, 0.4) is 0 Å². The summed E-state index contributed by atoms with van der Waals surface area (Å²) >= 11 is 3.01. The van der Waals surface area contributed by atoms with E-state index in [2.05, 4.69) is 31.4 Å². The monoisotopic (exact) mass is 329 g/mol. The van der Waals surface area contributed by atoms with E-state index in [0.29, 0.717) is 23.8 Å². The summed E-state index contributed by atoms with van der Waals surface area (Å²) < 4.78 is 31.6. The third-order valence-electron chi connectivity index (χ3n) is 3.07. The quantitative estimate of drug-likeness (QED) is 0.879. The standard InChI is InChI=1S/C12H10BrF2N3O/c13-10-7(1-2-8(14)11(10)15)12-17-9(19-18-12)3-6-4-16-5-6/h1-2,6,16H,3-5H2. The Morgan fingerprint density at radius 3 is 2.84 bits per heavy atom. The Morgan fingerprint density at radius 1 is 1.37 bits per heavy atom. The highest BCUT2D eigenvalue weighted by Gasteiger charge is 2.22. The van der Waals surface area contributed by atoms with Crippen molar-refractivity contribution in [2.24, 2.45) is 5.92 Å². The van der Waals surface area contributed by atoms with Gasteiger partial charge in [0.05, 0.1) is 4.47 Å². The first-order valence-electron chi connectivity index (χ1n) is 5.82. The highest BCUT2D eigenvalue weighted by Crippen LogP contribution is 2.30. The predicted molar refractivity (Wildman–Crippen MR) is 67.4 cm³/mol. The smallest absolute Gasteiger partial charge is 0.227 e. The van der Waals surface area contributed by atoms with Gasteiger partial charge in [-0.25, -0.2) is 8.78 Å². The summed E-state index contributed by atoms with van der Waals surface area (Å²) in [6.45, 7) is 1.87. The van der Waals surface area contributed by atoms with Crippen LogP contribution in [0.4, 0.5) is 8.78 Å². The summed E-state index contributed by atoms with van der Waals surface area (Å²) in [6.07, 6.45) is 0.696. The summed E-state index contributed by atoms with van der Waals surface area (Å²) in [5, 5.41) is 6.96. The Kier molecular flexibility index (Phi) is 3.32. The maximum absolute atomic E-state index is 13.4. The van der Waals surface area contributed by atoms with Crippen molar-refractivity contribution in [2.45, 2.75) is 6.42 Å². The van der Waals surface area contributed by atoms with Gasteiger partial charge in [0.15, 0.2) is 11.6 Å². The van der Waals surface area contributed by atoms with E-state index in [0.717, 1.165) is 19.2 Å². The number of nitrogens with zero attached hydrogens (tertiary/aromatic N) is 2. The van der Waals surface area contributed by atoms with Crippen molar-refractivity contribution in [3.63, 3.8) is 0 Å². The van der Waals surface area contributed by atoms with E-state index in [1.807, 2.05) is 0 Å². The van der Waals surface area contributed by atoms with Gasteiger partial charge < -0.3 is 9.84 Å². The van der Waals surface area contributed by atoms with E-state index in [1.54, 1.807) is 0 Å². The number of hydrogen-bond donors (Lipinski definition) is 1. The molecule has 1 aliphatic rings. The Labute approximate surface area is 116 Å². The van der Waals surface area contributed by atoms with Gasteiger partial charge in [0.25, 0.3) is 0 Å². The molecule has 0 radical (unpaired) electrons. The highest BCUT2D eigenvalue weighted by atomic mass is 79.9. The predicted octanol–water partition coefficient (Wildman–Crippen LogP) is 2.54. The number of aromatic nitrogens is 2. The van der Waals surface area contributed by atoms with Crippen LogP contribution < -0.4 is 5.32 Å². The molecule has 1 fully saturated rings. The number of halogens is 3. The number of benzene rings is 1. The van der Waals surface area contributed by atoms with Crippen LogP contribution in [0.1, 0.15) is 5.89 Å². The first-order valence-corrected chi connectivity index (χ1v) is 6.61. The molecule has 1 aromatic heterocycles. The van der Waals surface area contributed by atoms with Gasteiger partial charge in [0.2, 0.25) is 11.7 Å². The lowest BCUT2D eigenvalue weighted by molar-refractivity contribution is 0.296. The van der Waals surface area contributed by atoms with Crippen LogP contribution in [0.5, 0.6) is 0 Å². The minimum Gasteiger partial charge on any atom is -0.339 e. The molecule has 7 heteroatoms. The van der Waals surface area contributed by atoms with Crippen LogP contribution in [0.15, 0.2) is 21.1 Å². The molecule has 1 aromatic carbocycles. The fourth-order valence-electron chi connectivity index (χ4n) is 1.89. The maximum atomic E-state index is 13.4. The molecular weight excluding hydrogens is 320 g/mol. The van der Waals surface area contributed by atoms with Crippen LogP contribution in [-0.4, -0.2) is 23.2 Å². The molecule has 100 valence electrons. The second-order valence-electron chi connectivity index (χ2n) is 4.46. The van der Waals surface area contributed by atoms with Gasteiger partial charge in [0, 0.05) is 12.0 Å². The fourth-order valence-corrected chi connectivity index (χ4v) is 2.38. The zero-order valence-electron chi connectivity index (χ0n) is 9.79. The molecule has 3 rings (SSSR count). The van der Waals surface area contributed by atoms with E-state index in [-0.39, 0.29) is 10.3 Å². The Morgan fingerprint density at radius 2 is 2.16 bits per heavy atom. The molecule has 0 aliphatic carbocycles. The van der Waals surface area contributed by atoms with Crippen molar-refractivity contribution in [3.8, 4) is 11.4 Å². The summed E-state index contributed by atoms with van der Waals surface area (Å²) in [6, 6.07) is 2.46. The van der Waals surface area contributed by atoms with Gasteiger partial charge in [-0.1, -0.05) is 5.16 Å². The summed E-state index contributed by atoms with van der Waals surface area (Å²) in [5.41, 5.74) is 0.376. The zero-order chi connectivity index (χ0) is 13.4. The van der Waals surface area contributed by atoms with Gasteiger partial charge in [0.1, 0.15) is 0 Å². The molecule has 0 unspecified atom stereocenters. The molecule has 1 saturated heterocycles. The normalized spacial score (nSPS) is 15.5. The van der Waals surface area contributed by atoms with Crippen LogP contribution in [-0.2, 0) is 6.42 Å². The lowest BCUT2D eigenvalue weighted by Crippen LogP contribution is -2.43. The van der Waals surface area contributed by atoms with Crippen molar-refractivity contribution in [1.82, 2.24) is 15.5 Å². The molecule has 1 N–H and O–H groups in total. The lowest BCUT2D eigenvalue weighted by Gasteiger charge is -2.25. The topological polar surface area (TPSA) is 51.0 Å². The van der Waals surface area contributed by atoms with Crippen LogP contribution in [0, 0.1) is 17.6 Å². The Balaban J connectivity index is 1.87. The van der Waals surface area contributed by atoms with Gasteiger partial charge in [-0.05, 0) is 47.1 Å².